The number of nitrogens with one attached hydrogen (secondary N) is 1. The van der Waals surface area contributed by atoms with Gasteiger partial charge in [-0.25, -0.2) is 4.79 Å². The van der Waals surface area contributed by atoms with Crippen LogP contribution in [0.5, 0.6) is 0 Å². The van der Waals surface area contributed by atoms with Crippen LogP contribution in [0.15, 0.2) is 18.2 Å². The Hall–Kier alpha value is -1.75. The number of anilines is 2. The standard InChI is InChI=1S/C15H25N3O2/c1-6-20-14(19)11-8-7-9-12(13(11)16)17-10-15(2,3)18(4)5/h7-9,17H,6,10,16H2,1-5H3. The topological polar surface area (TPSA) is 67.6 Å². The molecule has 5 nitrogen and oxygen atoms in total. The van der Waals surface area contributed by atoms with E-state index in [-0.39, 0.29) is 11.5 Å². The van der Waals surface area contributed by atoms with Crippen LogP contribution in [0, 0.1) is 0 Å². The molecule has 1 aromatic carbocycles. The van der Waals surface area contributed by atoms with Gasteiger partial charge in [-0.3, -0.25) is 0 Å². The van der Waals surface area contributed by atoms with Crippen molar-refractivity contribution in [2.75, 3.05) is 38.3 Å². The first-order valence-corrected chi connectivity index (χ1v) is 6.76. The first-order chi connectivity index (χ1) is 9.29. The number of carbonyl (C=O) groups is 1. The second-order valence-electron chi connectivity index (χ2n) is 5.55. The quantitative estimate of drug-likeness (QED) is 0.617. The molecule has 0 unspecified atom stereocenters. The average Bonchev–Trinajstić information content (AvgIpc) is 2.37. The van der Waals surface area contributed by atoms with Crippen LogP contribution >= 0.6 is 0 Å². The number of nitrogens with zero attached hydrogens (tertiary/aromatic N) is 1. The molecular formula is C15H25N3O2. The fraction of sp³-hybridized carbons (Fsp3) is 0.533. The van der Waals surface area contributed by atoms with Gasteiger partial charge in [0.15, 0.2) is 0 Å². The van der Waals surface area contributed by atoms with Crippen molar-refractivity contribution >= 4 is 17.3 Å². The minimum Gasteiger partial charge on any atom is -0.462 e. The van der Waals surface area contributed by atoms with Crippen molar-refractivity contribution in [3.05, 3.63) is 23.8 Å². The van der Waals surface area contributed by atoms with E-state index in [9.17, 15) is 4.79 Å². The van der Waals surface area contributed by atoms with E-state index in [0.29, 0.717) is 17.9 Å². The van der Waals surface area contributed by atoms with Crippen molar-refractivity contribution in [2.45, 2.75) is 26.3 Å². The van der Waals surface area contributed by atoms with Gasteiger partial charge in [-0.1, -0.05) is 6.07 Å². The average molecular weight is 279 g/mol. The van der Waals surface area contributed by atoms with Gasteiger partial charge in [0, 0.05) is 12.1 Å². The molecule has 3 N–H and O–H groups in total. The number of likely N-dealkylation sites (N-methyl/N-ethyl adjacent to an activating group) is 1. The summed E-state index contributed by atoms with van der Waals surface area (Å²) in [5.41, 5.74) is 7.61. The summed E-state index contributed by atoms with van der Waals surface area (Å²) in [6, 6.07) is 5.34. The molecule has 20 heavy (non-hydrogen) atoms. The van der Waals surface area contributed by atoms with Crippen molar-refractivity contribution in [3.63, 3.8) is 0 Å². The summed E-state index contributed by atoms with van der Waals surface area (Å²) in [7, 11) is 4.06. The Morgan fingerprint density at radius 3 is 2.60 bits per heavy atom. The lowest BCUT2D eigenvalue weighted by Gasteiger charge is -2.33. The summed E-state index contributed by atoms with van der Waals surface area (Å²) in [5, 5.41) is 3.30. The van der Waals surface area contributed by atoms with E-state index in [1.807, 2.05) is 20.2 Å². The lowest BCUT2D eigenvalue weighted by molar-refractivity contribution is 0.0527. The van der Waals surface area contributed by atoms with E-state index in [1.165, 1.54) is 0 Å². The van der Waals surface area contributed by atoms with E-state index in [1.54, 1.807) is 19.1 Å². The molecule has 0 spiro atoms. The van der Waals surface area contributed by atoms with Crippen LogP contribution in [-0.2, 0) is 4.74 Å². The van der Waals surface area contributed by atoms with Gasteiger partial charge in [-0.05, 0) is 47.0 Å². The van der Waals surface area contributed by atoms with Gasteiger partial charge in [0.1, 0.15) is 0 Å². The van der Waals surface area contributed by atoms with Crippen molar-refractivity contribution in [1.82, 2.24) is 4.90 Å². The summed E-state index contributed by atoms with van der Waals surface area (Å²) in [6.07, 6.45) is 0. The summed E-state index contributed by atoms with van der Waals surface area (Å²) in [4.78, 5) is 13.9. The van der Waals surface area contributed by atoms with Crippen molar-refractivity contribution < 1.29 is 9.53 Å². The smallest absolute Gasteiger partial charge is 0.340 e. The highest BCUT2D eigenvalue weighted by Gasteiger charge is 2.21. The summed E-state index contributed by atoms with van der Waals surface area (Å²) in [6.45, 7) is 7.09. The van der Waals surface area contributed by atoms with Crippen LogP contribution in [0.4, 0.5) is 11.4 Å². The Bertz CT molecular complexity index is 470. The summed E-state index contributed by atoms with van der Waals surface area (Å²) >= 11 is 0. The minimum atomic E-state index is -0.388. The molecule has 0 aliphatic rings. The second kappa shape index (κ2) is 6.61. The maximum atomic E-state index is 11.8. The van der Waals surface area contributed by atoms with E-state index >= 15 is 0 Å². The van der Waals surface area contributed by atoms with Crippen LogP contribution < -0.4 is 11.1 Å². The lowest BCUT2D eigenvalue weighted by atomic mass is 10.0. The zero-order valence-corrected chi connectivity index (χ0v) is 13.0. The molecule has 112 valence electrons. The number of hydrogen-bond donors (Lipinski definition) is 2. The molecule has 0 aliphatic heterocycles. The molecule has 0 radical (unpaired) electrons. The molecular weight excluding hydrogens is 254 g/mol. The highest BCUT2D eigenvalue weighted by Crippen LogP contribution is 2.24. The summed E-state index contributed by atoms with van der Waals surface area (Å²) in [5.74, 6) is -0.388. The van der Waals surface area contributed by atoms with Gasteiger partial charge in [0.2, 0.25) is 0 Å². The Morgan fingerprint density at radius 2 is 2.05 bits per heavy atom. The lowest BCUT2D eigenvalue weighted by Crippen LogP contribution is -2.44. The van der Waals surface area contributed by atoms with Gasteiger partial charge in [0.05, 0.1) is 23.5 Å². The van der Waals surface area contributed by atoms with Crippen molar-refractivity contribution in [1.29, 1.82) is 0 Å². The highest BCUT2D eigenvalue weighted by atomic mass is 16.5. The number of hydrogen-bond acceptors (Lipinski definition) is 5. The summed E-state index contributed by atoms with van der Waals surface area (Å²) < 4.78 is 4.99. The SMILES string of the molecule is CCOC(=O)c1cccc(NCC(C)(C)N(C)C)c1N. The van der Waals surface area contributed by atoms with E-state index in [2.05, 4.69) is 24.1 Å². The number of para-hydroxylation sites is 1. The Morgan fingerprint density at radius 1 is 1.40 bits per heavy atom. The second-order valence-corrected chi connectivity index (χ2v) is 5.55. The van der Waals surface area contributed by atoms with Crippen molar-refractivity contribution in [3.8, 4) is 0 Å². The zero-order chi connectivity index (χ0) is 15.3. The van der Waals surface area contributed by atoms with Crippen LogP contribution in [0.2, 0.25) is 0 Å². The van der Waals surface area contributed by atoms with Crippen molar-refractivity contribution in [2.24, 2.45) is 0 Å². The Balaban J connectivity index is 2.87. The Kier molecular flexibility index (Phi) is 5.39. The van der Waals surface area contributed by atoms with Crippen LogP contribution in [0.3, 0.4) is 0 Å². The predicted octanol–water partition coefficient (Wildman–Crippen LogP) is 2.20. The number of benzene rings is 1. The fourth-order valence-corrected chi connectivity index (χ4v) is 1.58. The number of rotatable bonds is 6. The third-order valence-electron chi connectivity index (χ3n) is 3.52. The molecule has 1 rings (SSSR count). The minimum absolute atomic E-state index is 0.0215. The van der Waals surface area contributed by atoms with E-state index in [4.69, 9.17) is 10.5 Å². The third kappa shape index (κ3) is 3.87. The molecule has 5 heteroatoms. The molecule has 0 fully saturated rings. The molecule has 0 atom stereocenters. The molecule has 1 aromatic rings. The van der Waals surface area contributed by atoms with E-state index in [0.717, 1.165) is 12.2 Å². The predicted molar refractivity (Wildman–Crippen MR) is 83.1 cm³/mol. The molecule has 0 saturated heterocycles. The zero-order valence-electron chi connectivity index (χ0n) is 13.0. The monoisotopic (exact) mass is 279 g/mol. The highest BCUT2D eigenvalue weighted by molar-refractivity contribution is 5.98. The number of esters is 1. The van der Waals surface area contributed by atoms with Gasteiger partial charge >= 0.3 is 5.97 Å². The molecule has 0 aliphatic carbocycles. The van der Waals surface area contributed by atoms with E-state index < -0.39 is 0 Å². The largest absolute Gasteiger partial charge is 0.462 e. The van der Waals surface area contributed by atoms with Gasteiger partial charge in [-0.15, -0.1) is 0 Å². The molecule has 0 heterocycles. The number of ether oxygens (including phenoxy) is 1. The third-order valence-corrected chi connectivity index (χ3v) is 3.52. The first kappa shape index (κ1) is 16.3. The van der Waals surface area contributed by atoms with Gasteiger partial charge < -0.3 is 20.7 Å². The number of nitrogens with two attached hydrogens (primary N) is 1. The maximum absolute atomic E-state index is 11.8. The first-order valence-electron chi connectivity index (χ1n) is 6.76. The molecule has 0 aromatic heterocycles. The maximum Gasteiger partial charge on any atom is 0.340 e. The number of carbonyl (C=O) groups excluding carboxylic acids is 1. The van der Waals surface area contributed by atoms with Crippen LogP contribution in [-0.4, -0.2) is 43.7 Å². The Labute approximate surface area is 121 Å². The fourth-order valence-electron chi connectivity index (χ4n) is 1.58. The molecule has 0 bridgehead atoms. The van der Waals surface area contributed by atoms with Crippen LogP contribution in [0.1, 0.15) is 31.1 Å². The molecule has 0 saturated carbocycles. The van der Waals surface area contributed by atoms with Crippen LogP contribution in [0.25, 0.3) is 0 Å². The van der Waals surface area contributed by atoms with Gasteiger partial charge in [-0.2, -0.15) is 0 Å². The number of nitrogen functional groups attached to an aromatic ring is 1. The van der Waals surface area contributed by atoms with Gasteiger partial charge in [0.25, 0.3) is 0 Å². The molecule has 0 amide bonds. The normalized spacial score (nSPS) is 11.5.